The van der Waals surface area contributed by atoms with Crippen molar-refractivity contribution in [2.24, 2.45) is 7.05 Å². The van der Waals surface area contributed by atoms with Crippen molar-refractivity contribution in [2.75, 3.05) is 37.7 Å². The van der Waals surface area contributed by atoms with E-state index < -0.39 is 12.0 Å². The maximum atomic E-state index is 12.1. The Bertz CT molecular complexity index is 810. The molecule has 0 saturated carbocycles. The third-order valence-corrected chi connectivity index (χ3v) is 5.26. The second kappa shape index (κ2) is 8.00. The Labute approximate surface area is 160 Å². The van der Waals surface area contributed by atoms with Crippen LogP contribution in [0.3, 0.4) is 0 Å². The highest BCUT2D eigenvalue weighted by Gasteiger charge is 2.34. The standard InChI is InChI=1S/C20H28N4O3/c1-5-27-17-9-7-6-8-16(17)23-10-12-24(13-11-23)19(20(25)26)18-14(2)21-22(4)15(18)3/h6-9,19H,5,10-13H2,1-4H3,(H,25,26)/t19-/m1/s1. The van der Waals surface area contributed by atoms with Gasteiger partial charge in [0.25, 0.3) is 0 Å². The molecule has 27 heavy (non-hydrogen) atoms. The second-order valence-corrected chi connectivity index (χ2v) is 6.87. The Morgan fingerprint density at radius 2 is 1.89 bits per heavy atom. The van der Waals surface area contributed by atoms with Gasteiger partial charge in [0.15, 0.2) is 0 Å². The van der Waals surface area contributed by atoms with Crippen LogP contribution in [0.2, 0.25) is 0 Å². The molecule has 0 amide bonds. The van der Waals surface area contributed by atoms with Crippen LogP contribution in [0.4, 0.5) is 5.69 Å². The van der Waals surface area contributed by atoms with Crippen molar-refractivity contribution in [1.82, 2.24) is 14.7 Å². The summed E-state index contributed by atoms with van der Waals surface area (Å²) in [5, 5.41) is 14.3. The zero-order valence-corrected chi connectivity index (χ0v) is 16.5. The van der Waals surface area contributed by atoms with Gasteiger partial charge in [-0.1, -0.05) is 12.1 Å². The fourth-order valence-electron chi connectivity index (χ4n) is 3.86. The van der Waals surface area contributed by atoms with Crippen LogP contribution in [0.15, 0.2) is 24.3 Å². The van der Waals surface area contributed by atoms with Gasteiger partial charge in [-0.25, -0.2) is 0 Å². The van der Waals surface area contributed by atoms with E-state index in [1.807, 2.05) is 50.9 Å². The molecular weight excluding hydrogens is 344 g/mol. The number of benzene rings is 1. The monoisotopic (exact) mass is 372 g/mol. The van der Waals surface area contributed by atoms with Crippen molar-refractivity contribution in [1.29, 1.82) is 0 Å². The maximum Gasteiger partial charge on any atom is 0.325 e. The summed E-state index contributed by atoms with van der Waals surface area (Å²) in [5.74, 6) is 0.0551. The van der Waals surface area contributed by atoms with E-state index in [1.165, 1.54) is 0 Å². The van der Waals surface area contributed by atoms with E-state index in [2.05, 4.69) is 16.1 Å². The third kappa shape index (κ3) is 3.78. The number of carbonyl (C=O) groups is 1. The van der Waals surface area contributed by atoms with Crippen LogP contribution in [-0.2, 0) is 11.8 Å². The predicted molar refractivity (Wildman–Crippen MR) is 104 cm³/mol. The van der Waals surface area contributed by atoms with Gasteiger partial charge in [0.05, 0.1) is 18.0 Å². The number of piperazine rings is 1. The van der Waals surface area contributed by atoms with E-state index in [4.69, 9.17) is 4.74 Å². The summed E-state index contributed by atoms with van der Waals surface area (Å²) in [6.45, 7) is 9.27. The highest BCUT2D eigenvalue weighted by Crippen LogP contribution is 2.32. The van der Waals surface area contributed by atoms with E-state index in [-0.39, 0.29) is 0 Å². The average molecular weight is 372 g/mol. The molecule has 7 heteroatoms. The fourth-order valence-corrected chi connectivity index (χ4v) is 3.86. The zero-order valence-electron chi connectivity index (χ0n) is 16.5. The van der Waals surface area contributed by atoms with E-state index in [1.54, 1.807) is 4.68 Å². The molecule has 0 aliphatic carbocycles. The number of carboxylic acid groups (broad SMARTS) is 1. The zero-order chi connectivity index (χ0) is 19.6. The number of carboxylic acids is 1. The van der Waals surface area contributed by atoms with Crippen molar-refractivity contribution in [3.05, 3.63) is 41.2 Å². The summed E-state index contributed by atoms with van der Waals surface area (Å²) in [6, 6.07) is 7.35. The smallest absolute Gasteiger partial charge is 0.325 e. The molecule has 1 aromatic heterocycles. The highest BCUT2D eigenvalue weighted by molar-refractivity contribution is 5.76. The van der Waals surface area contributed by atoms with Crippen molar-refractivity contribution >= 4 is 11.7 Å². The van der Waals surface area contributed by atoms with Crippen LogP contribution >= 0.6 is 0 Å². The van der Waals surface area contributed by atoms with Crippen LogP contribution in [-0.4, -0.2) is 58.5 Å². The molecule has 0 unspecified atom stereocenters. The van der Waals surface area contributed by atoms with Gasteiger partial charge in [-0.2, -0.15) is 5.10 Å². The Morgan fingerprint density at radius 3 is 2.44 bits per heavy atom. The molecule has 146 valence electrons. The number of para-hydroxylation sites is 2. The Kier molecular flexibility index (Phi) is 5.70. The van der Waals surface area contributed by atoms with Crippen LogP contribution in [0.1, 0.15) is 29.9 Å². The van der Waals surface area contributed by atoms with E-state index >= 15 is 0 Å². The summed E-state index contributed by atoms with van der Waals surface area (Å²) >= 11 is 0. The molecule has 0 spiro atoms. The summed E-state index contributed by atoms with van der Waals surface area (Å²) in [5.41, 5.74) is 3.57. The number of aryl methyl sites for hydroxylation is 2. The van der Waals surface area contributed by atoms with Gasteiger partial charge in [-0.3, -0.25) is 14.4 Å². The second-order valence-electron chi connectivity index (χ2n) is 6.87. The minimum absolute atomic E-state index is 0.623. The molecule has 1 fully saturated rings. The minimum atomic E-state index is -0.822. The number of aromatic nitrogens is 2. The molecule has 1 aliphatic heterocycles. The van der Waals surface area contributed by atoms with Crippen molar-refractivity contribution in [2.45, 2.75) is 26.8 Å². The Balaban J connectivity index is 1.78. The molecule has 2 aromatic rings. The van der Waals surface area contributed by atoms with Crippen molar-refractivity contribution in [3.63, 3.8) is 0 Å². The number of hydrogen-bond donors (Lipinski definition) is 1. The fraction of sp³-hybridized carbons (Fsp3) is 0.500. The quantitative estimate of drug-likeness (QED) is 0.840. The molecule has 1 N–H and O–H groups in total. The lowest BCUT2D eigenvalue weighted by atomic mass is 10.0. The number of ether oxygens (including phenoxy) is 1. The lowest BCUT2D eigenvalue weighted by Crippen LogP contribution is -2.49. The molecule has 1 aromatic carbocycles. The Hall–Kier alpha value is -2.54. The van der Waals surface area contributed by atoms with Crippen LogP contribution in [0.25, 0.3) is 0 Å². The van der Waals surface area contributed by atoms with Gasteiger partial charge < -0.3 is 14.7 Å². The molecule has 7 nitrogen and oxygen atoms in total. The predicted octanol–water partition coefficient (Wildman–Crippen LogP) is 2.38. The molecule has 1 aliphatic rings. The number of hydrogen-bond acceptors (Lipinski definition) is 5. The highest BCUT2D eigenvalue weighted by atomic mass is 16.5. The van der Waals surface area contributed by atoms with Gasteiger partial charge in [-0.15, -0.1) is 0 Å². The first-order valence-corrected chi connectivity index (χ1v) is 9.37. The van der Waals surface area contributed by atoms with Gasteiger partial charge in [0.2, 0.25) is 0 Å². The largest absolute Gasteiger partial charge is 0.492 e. The molecule has 1 atom stereocenters. The van der Waals surface area contributed by atoms with Gasteiger partial charge in [0, 0.05) is 44.5 Å². The maximum absolute atomic E-state index is 12.1. The minimum Gasteiger partial charge on any atom is -0.492 e. The molecule has 2 heterocycles. The van der Waals surface area contributed by atoms with E-state index in [0.717, 1.165) is 41.5 Å². The first kappa shape index (κ1) is 19.2. The first-order valence-electron chi connectivity index (χ1n) is 9.37. The molecule has 0 radical (unpaired) electrons. The van der Waals surface area contributed by atoms with E-state index in [0.29, 0.717) is 19.7 Å². The molecule has 1 saturated heterocycles. The van der Waals surface area contributed by atoms with Crippen LogP contribution in [0.5, 0.6) is 5.75 Å². The lowest BCUT2D eigenvalue weighted by Gasteiger charge is -2.39. The molecular formula is C20H28N4O3. The van der Waals surface area contributed by atoms with Gasteiger partial charge >= 0.3 is 5.97 Å². The van der Waals surface area contributed by atoms with Gasteiger partial charge in [0.1, 0.15) is 11.8 Å². The normalized spacial score (nSPS) is 16.4. The summed E-state index contributed by atoms with van der Waals surface area (Å²) < 4.78 is 7.50. The van der Waals surface area contributed by atoms with E-state index in [9.17, 15) is 9.90 Å². The summed E-state index contributed by atoms with van der Waals surface area (Å²) in [7, 11) is 1.85. The summed E-state index contributed by atoms with van der Waals surface area (Å²) in [6.07, 6.45) is 0. The Morgan fingerprint density at radius 1 is 1.22 bits per heavy atom. The number of nitrogens with zero attached hydrogens (tertiary/aromatic N) is 4. The third-order valence-electron chi connectivity index (χ3n) is 5.26. The SMILES string of the molecule is CCOc1ccccc1N1CCN([C@@H](C(=O)O)c2c(C)nn(C)c2C)CC1. The summed E-state index contributed by atoms with van der Waals surface area (Å²) in [4.78, 5) is 16.4. The van der Waals surface area contributed by atoms with Crippen molar-refractivity contribution < 1.29 is 14.6 Å². The first-order chi connectivity index (χ1) is 12.9. The topological polar surface area (TPSA) is 70.8 Å². The van der Waals surface area contributed by atoms with Crippen molar-refractivity contribution in [3.8, 4) is 5.75 Å². The van der Waals surface area contributed by atoms with Gasteiger partial charge in [-0.05, 0) is 32.9 Å². The lowest BCUT2D eigenvalue weighted by molar-refractivity contribution is -0.143. The number of rotatable bonds is 6. The average Bonchev–Trinajstić information content (AvgIpc) is 2.89. The molecule has 3 rings (SSSR count). The van der Waals surface area contributed by atoms with Crippen LogP contribution < -0.4 is 9.64 Å². The van der Waals surface area contributed by atoms with Crippen LogP contribution in [0, 0.1) is 13.8 Å². The molecule has 0 bridgehead atoms. The number of anilines is 1. The number of aliphatic carboxylic acids is 1.